The van der Waals surface area contributed by atoms with E-state index in [2.05, 4.69) is 15.5 Å². The second-order valence-electron chi connectivity index (χ2n) is 6.50. The molecule has 0 bridgehead atoms. The lowest BCUT2D eigenvalue weighted by molar-refractivity contribution is -0.119. The van der Waals surface area contributed by atoms with Gasteiger partial charge < -0.3 is 14.3 Å². The highest BCUT2D eigenvalue weighted by atomic mass is 32.2. The number of fused-ring (bicyclic) bond motifs is 1. The zero-order chi connectivity index (χ0) is 19.5. The average molecular weight is 392 g/mol. The minimum absolute atomic E-state index is 0.0418. The molecule has 0 saturated heterocycles. The highest BCUT2D eigenvalue weighted by Gasteiger charge is 2.17. The first kappa shape index (κ1) is 18.3. The molecule has 1 atom stereocenters. The van der Waals surface area contributed by atoms with E-state index in [0.717, 1.165) is 16.5 Å². The number of amides is 1. The lowest BCUT2D eigenvalue weighted by atomic mass is 10.1. The monoisotopic (exact) mass is 392 g/mol. The molecule has 0 spiro atoms. The highest BCUT2D eigenvalue weighted by molar-refractivity contribution is 7.99. The normalized spacial score (nSPS) is 12.2. The Morgan fingerprint density at radius 3 is 2.68 bits per heavy atom. The van der Waals surface area contributed by atoms with Crippen LogP contribution in [0.2, 0.25) is 0 Å². The Labute approximate surface area is 167 Å². The Hall–Kier alpha value is -3.06. The molecule has 2 aromatic carbocycles. The van der Waals surface area contributed by atoms with E-state index in [1.165, 1.54) is 11.8 Å². The molecular formula is C21H20N4O2S. The van der Waals surface area contributed by atoms with Crippen molar-refractivity contribution < 1.29 is 9.21 Å². The molecule has 0 radical (unpaired) electrons. The quantitative estimate of drug-likeness (QED) is 0.498. The largest absolute Gasteiger partial charge is 0.453 e. The third-order valence-corrected chi connectivity index (χ3v) is 5.51. The van der Waals surface area contributed by atoms with Crippen LogP contribution in [0.5, 0.6) is 0 Å². The van der Waals surface area contributed by atoms with E-state index in [0.29, 0.717) is 16.7 Å². The van der Waals surface area contributed by atoms with Crippen molar-refractivity contribution in [2.45, 2.75) is 18.1 Å². The maximum Gasteiger partial charge on any atom is 0.230 e. The Bertz CT molecular complexity index is 1070. The van der Waals surface area contributed by atoms with Gasteiger partial charge >= 0.3 is 0 Å². The minimum Gasteiger partial charge on any atom is -0.453 e. The van der Waals surface area contributed by atoms with E-state index >= 15 is 0 Å². The van der Waals surface area contributed by atoms with Gasteiger partial charge in [-0.2, -0.15) is 0 Å². The van der Waals surface area contributed by atoms with Crippen molar-refractivity contribution in [3.63, 3.8) is 0 Å². The first-order valence-corrected chi connectivity index (χ1v) is 9.96. The summed E-state index contributed by atoms with van der Waals surface area (Å²) >= 11 is 1.35. The Kier molecular flexibility index (Phi) is 5.16. The zero-order valence-corrected chi connectivity index (χ0v) is 16.4. The third kappa shape index (κ3) is 3.80. The molecule has 7 heteroatoms. The van der Waals surface area contributed by atoms with E-state index in [1.54, 1.807) is 0 Å². The van der Waals surface area contributed by atoms with Gasteiger partial charge in [0.25, 0.3) is 0 Å². The predicted molar refractivity (Wildman–Crippen MR) is 110 cm³/mol. The fraction of sp³-hybridized carbons (Fsp3) is 0.190. The van der Waals surface area contributed by atoms with Crippen molar-refractivity contribution in [2.24, 2.45) is 7.05 Å². The van der Waals surface area contributed by atoms with Gasteiger partial charge in [-0.25, -0.2) is 0 Å². The molecule has 142 valence electrons. The number of hydrogen-bond acceptors (Lipinski definition) is 5. The van der Waals surface area contributed by atoms with Crippen molar-refractivity contribution in [1.29, 1.82) is 0 Å². The van der Waals surface area contributed by atoms with Crippen LogP contribution in [0.1, 0.15) is 18.5 Å². The van der Waals surface area contributed by atoms with Gasteiger partial charge in [-0.3, -0.25) is 4.79 Å². The fourth-order valence-corrected chi connectivity index (χ4v) is 3.71. The van der Waals surface area contributed by atoms with Crippen molar-refractivity contribution in [3.05, 3.63) is 66.2 Å². The molecule has 0 aliphatic heterocycles. The van der Waals surface area contributed by atoms with E-state index < -0.39 is 0 Å². The van der Waals surface area contributed by atoms with E-state index in [9.17, 15) is 4.79 Å². The number of aromatic nitrogens is 3. The number of benzene rings is 2. The molecule has 0 fully saturated rings. The Balaban J connectivity index is 1.41. The second kappa shape index (κ2) is 7.90. The van der Waals surface area contributed by atoms with Crippen LogP contribution in [-0.4, -0.2) is 26.4 Å². The molecule has 2 aromatic heterocycles. The van der Waals surface area contributed by atoms with Crippen LogP contribution in [0.4, 0.5) is 0 Å². The van der Waals surface area contributed by atoms with Crippen molar-refractivity contribution >= 4 is 28.6 Å². The summed E-state index contributed by atoms with van der Waals surface area (Å²) in [5.41, 5.74) is 1.88. The summed E-state index contributed by atoms with van der Waals surface area (Å²) in [6.45, 7) is 1.97. The minimum atomic E-state index is -0.0466. The van der Waals surface area contributed by atoms with Gasteiger partial charge in [-0.05, 0) is 24.6 Å². The number of furan rings is 1. The van der Waals surface area contributed by atoms with Gasteiger partial charge in [0.05, 0.1) is 11.8 Å². The number of hydrogen-bond donors (Lipinski definition) is 1. The lowest BCUT2D eigenvalue weighted by Crippen LogP contribution is -2.28. The molecular weight excluding hydrogens is 372 g/mol. The molecule has 0 aliphatic carbocycles. The Morgan fingerprint density at radius 2 is 1.89 bits per heavy atom. The summed E-state index contributed by atoms with van der Waals surface area (Å²) in [7, 11) is 1.87. The van der Waals surface area contributed by atoms with Gasteiger partial charge in [0.15, 0.2) is 16.7 Å². The summed E-state index contributed by atoms with van der Waals surface area (Å²) < 4.78 is 7.71. The molecule has 0 unspecified atom stereocenters. The number of carbonyl (C=O) groups is 1. The number of para-hydroxylation sites is 1. The summed E-state index contributed by atoms with van der Waals surface area (Å²) in [6, 6.07) is 19.6. The fourth-order valence-electron chi connectivity index (χ4n) is 2.99. The van der Waals surface area contributed by atoms with Gasteiger partial charge in [-0.1, -0.05) is 60.3 Å². The van der Waals surface area contributed by atoms with E-state index in [1.807, 2.05) is 79.2 Å². The van der Waals surface area contributed by atoms with Gasteiger partial charge in [-0.15, -0.1) is 10.2 Å². The van der Waals surface area contributed by atoms with Crippen LogP contribution in [0.25, 0.3) is 22.6 Å². The topological polar surface area (TPSA) is 73.0 Å². The SMILES string of the molecule is C[C@@H](NC(=O)CSc1nnc(-c2cc3ccccc3o2)n1C)c1ccccc1. The maximum absolute atomic E-state index is 12.3. The number of thioether (sulfide) groups is 1. The first-order valence-electron chi connectivity index (χ1n) is 8.97. The van der Waals surface area contributed by atoms with Crippen LogP contribution < -0.4 is 5.32 Å². The number of nitrogens with one attached hydrogen (secondary N) is 1. The molecule has 6 nitrogen and oxygen atoms in total. The number of carbonyl (C=O) groups excluding carboxylic acids is 1. The summed E-state index contributed by atoms with van der Waals surface area (Å²) in [5, 5.41) is 13.1. The van der Waals surface area contributed by atoms with Crippen molar-refractivity contribution in [1.82, 2.24) is 20.1 Å². The number of rotatable bonds is 6. The van der Waals surface area contributed by atoms with Crippen molar-refractivity contribution in [3.8, 4) is 11.6 Å². The second-order valence-corrected chi connectivity index (χ2v) is 7.44. The van der Waals surface area contributed by atoms with Crippen LogP contribution >= 0.6 is 11.8 Å². The smallest absolute Gasteiger partial charge is 0.230 e. The molecule has 1 N–H and O–H groups in total. The predicted octanol–water partition coefficient (Wildman–Crippen LogP) is 4.20. The maximum atomic E-state index is 12.3. The van der Waals surface area contributed by atoms with E-state index in [-0.39, 0.29) is 17.7 Å². The van der Waals surface area contributed by atoms with E-state index in [4.69, 9.17) is 4.42 Å². The molecule has 4 rings (SSSR count). The van der Waals surface area contributed by atoms with Crippen LogP contribution in [-0.2, 0) is 11.8 Å². The van der Waals surface area contributed by atoms with Gasteiger partial charge in [0.1, 0.15) is 5.58 Å². The third-order valence-electron chi connectivity index (χ3n) is 4.49. The highest BCUT2D eigenvalue weighted by Crippen LogP contribution is 2.28. The molecule has 0 aliphatic rings. The van der Waals surface area contributed by atoms with Crippen LogP contribution in [0, 0.1) is 0 Å². The molecule has 28 heavy (non-hydrogen) atoms. The van der Waals surface area contributed by atoms with Gasteiger partial charge in [0.2, 0.25) is 5.91 Å². The molecule has 2 heterocycles. The lowest BCUT2D eigenvalue weighted by Gasteiger charge is -2.13. The number of nitrogens with zero attached hydrogens (tertiary/aromatic N) is 3. The molecule has 4 aromatic rings. The average Bonchev–Trinajstić information content (AvgIpc) is 3.30. The molecule has 0 saturated carbocycles. The summed E-state index contributed by atoms with van der Waals surface area (Å²) in [6.07, 6.45) is 0. The zero-order valence-electron chi connectivity index (χ0n) is 15.6. The van der Waals surface area contributed by atoms with Crippen molar-refractivity contribution in [2.75, 3.05) is 5.75 Å². The first-order chi connectivity index (χ1) is 13.6. The Morgan fingerprint density at radius 1 is 1.14 bits per heavy atom. The summed E-state index contributed by atoms with van der Waals surface area (Å²) in [5.74, 6) is 1.51. The standard InChI is InChI=1S/C21H20N4O2S/c1-14(15-8-4-3-5-9-15)22-19(26)13-28-21-24-23-20(25(21)2)18-12-16-10-6-7-11-17(16)27-18/h3-12,14H,13H2,1-2H3,(H,22,26)/t14-/m1/s1. The molecule has 1 amide bonds. The van der Waals surface area contributed by atoms with Gasteiger partial charge in [0, 0.05) is 12.4 Å². The van der Waals surface area contributed by atoms with Crippen LogP contribution in [0.3, 0.4) is 0 Å². The van der Waals surface area contributed by atoms with Crippen LogP contribution in [0.15, 0.2) is 70.2 Å². The summed E-state index contributed by atoms with van der Waals surface area (Å²) in [4.78, 5) is 12.3.